The summed E-state index contributed by atoms with van der Waals surface area (Å²) in [6, 6.07) is 19.7. The summed E-state index contributed by atoms with van der Waals surface area (Å²) < 4.78 is 5.19. The molecule has 0 N–H and O–H groups in total. The summed E-state index contributed by atoms with van der Waals surface area (Å²) in [6.45, 7) is 4.02. The number of nitriles is 1. The van der Waals surface area contributed by atoms with Crippen molar-refractivity contribution in [3.63, 3.8) is 0 Å². The minimum atomic E-state index is -1.12. The molecule has 2 atom stereocenters. The van der Waals surface area contributed by atoms with Crippen molar-refractivity contribution in [3.8, 4) is 6.07 Å². The zero-order valence-corrected chi connectivity index (χ0v) is 14.5. The van der Waals surface area contributed by atoms with E-state index in [4.69, 9.17) is 4.74 Å². The van der Waals surface area contributed by atoms with Crippen LogP contribution in [0.25, 0.3) is 0 Å². The van der Waals surface area contributed by atoms with Gasteiger partial charge in [0, 0.05) is 0 Å². The first-order valence-electron chi connectivity index (χ1n) is 8.21. The fourth-order valence-corrected chi connectivity index (χ4v) is 3.29. The van der Waals surface area contributed by atoms with E-state index in [9.17, 15) is 10.1 Å². The van der Waals surface area contributed by atoms with Gasteiger partial charge in [0.25, 0.3) is 0 Å². The summed E-state index contributed by atoms with van der Waals surface area (Å²) in [7, 11) is 1.38. The molecule has 2 unspecified atom stereocenters. The SMILES string of the molecule is CCCC(C#N)C(C(=O)OC)(c1ccccc1)c1ccc(C)cc1. The topological polar surface area (TPSA) is 50.1 Å². The summed E-state index contributed by atoms with van der Waals surface area (Å²) in [5.74, 6) is -0.891. The van der Waals surface area contributed by atoms with Crippen LogP contribution in [-0.2, 0) is 14.9 Å². The average Bonchev–Trinajstić information content (AvgIpc) is 2.63. The monoisotopic (exact) mass is 321 g/mol. The molecule has 0 amide bonds. The van der Waals surface area contributed by atoms with Gasteiger partial charge in [-0.15, -0.1) is 0 Å². The third-order valence-corrected chi connectivity index (χ3v) is 4.50. The minimum Gasteiger partial charge on any atom is -0.468 e. The number of hydrogen-bond donors (Lipinski definition) is 0. The zero-order valence-electron chi connectivity index (χ0n) is 14.5. The Kier molecular flexibility index (Phi) is 5.76. The van der Waals surface area contributed by atoms with Gasteiger partial charge >= 0.3 is 5.97 Å². The number of methoxy groups -OCH3 is 1. The second-order valence-corrected chi connectivity index (χ2v) is 6.00. The zero-order chi connectivity index (χ0) is 17.6. The second-order valence-electron chi connectivity index (χ2n) is 6.00. The lowest BCUT2D eigenvalue weighted by Crippen LogP contribution is -2.44. The van der Waals surface area contributed by atoms with Crippen LogP contribution in [0.15, 0.2) is 54.6 Å². The normalized spacial score (nSPS) is 14.2. The third kappa shape index (κ3) is 3.05. The van der Waals surface area contributed by atoms with Crippen LogP contribution in [-0.4, -0.2) is 13.1 Å². The fraction of sp³-hybridized carbons (Fsp3) is 0.333. The van der Waals surface area contributed by atoms with Crippen molar-refractivity contribution < 1.29 is 9.53 Å². The highest BCUT2D eigenvalue weighted by Gasteiger charge is 2.49. The summed E-state index contributed by atoms with van der Waals surface area (Å²) in [4.78, 5) is 13.0. The quantitative estimate of drug-likeness (QED) is 0.741. The number of rotatable bonds is 6. The predicted octanol–water partition coefficient (Wildman–Crippen LogP) is 4.39. The van der Waals surface area contributed by atoms with E-state index in [0.717, 1.165) is 23.1 Å². The molecular formula is C21H23NO2. The van der Waals surface area contributed by atoms with E-state index >= 15 is 0 Å². The Balaban J connectivity index is 2.80. The van der Waals surface area contributed by atoms with Gasteiger partial charge in [-0.05, 0) is 24.5 Å². The molecule has 24 heavy (non-hydrogen) atoms. The molecule has 0 fully saturated rings. The molecule has 0 aromatic heterocycles. The predicted molar refractivity (Wildman–Crippen MR) is 94.4 cm³/mol. The highest BCUT2D eigenvalue weighted by atomic mass is 16.5. The van der Waals surface area contributed by atoms with Crippen LogP contribution < -0.4 is 0 Å². The molecule has 0 aliphatic rings. The van der Waals surface area contributed by atoms with Crippen molar-refractivity contribution in [2.24, 2.45) is 5.92 Å². The van der Waals surface area contributed by atoms with Gasteiger partial charge in [-0.2, -0.15) is 5.26 Å². The van der Waals surface area contributed by atoms with Gasteiger partial charge in [0.15, 0.2) is 0 Å². The van der Waals surface area contributed by atoms with Crippen molar-refractivity contribution in [2.45, 2.75) is 32.1 Å². The molecule has 0 radical (unpaired) electrons. The lowest BCUT2D eigenvalue weighted by atomic mass is 9.64. The lowest BCUT2D eigenvalue weighted by Gasteiger charge is -2.36. The average molecular weight is 321 g/mol. The summed E-state index contributed by atoms with van der Waals surface area (Å²) >= 11 is 0. The summed E-state index contributed by atoms with van der Waals surface area (Å²) in [5, 5.41) is 9.86. The van der Waals surface area contributed by atoms with Gasteiger partial charge in [-0.1, -0.05) is 73.5 Å². The Morgan fingerprint density at radius 1 is 1.12 bits per heavy atom. The van der Waals surface area contributed by atoms with Crippen molar-refractivity contribution in [2.75, 3.05) is 7.11 Å². The van der Waals surface area contributed by atoms with E-state index in [1.165, 1.54) is 7.11 Å². The number of nitrogens with zero attached hydrogens (tertiary/aromatic N) is 1. The van der Waals surface area contributed by atoms with Gasteiger partial charge in [0.1, 0.15) is 5.41 Å². The van der Waals surface area contributed by atoms with E-state index in [1.54, 1.807) is 0 Å². The Morgan fingerprint density at radius 3 is 2.21 bits per heavy atom. The Morgan fingerprint density at radius 2 is 1.71 bits per heavy atom. The molecule has 0 spiro atoms. The number of ether oxygens (including phenoxy) is 1. The Bertz CT molecular complexity index is 716. The van der Waals surface area contributed by atoms with Crippen LogP contribution in [0.5, 0.6) is 0 Å². The lowest BCUT2D eigenvalue weighted by molar-refractivity contribution is -0.147. The van der Waals surface area contributed by atoms with E-state index < -0.39 is 17.3 Å². The molecule has 0 aliphatic heterocycles. The number of hydrogen-bond acceptors (Lipinski definition) is 3. The van der Waals surface area contributed by atoms with Crippen LogP contribution in [0.4, 0.5) is 0 Å². The maximum Gasteiger partial charge on any atom is 0.322 e. The molecule has 0 saturated carbocycles. The fourth-order valence-electron chi connectivity index (χ4n) is 3.29. The van der Waals surface area contributed by atoms with Crippen molar-refractivity contribution in [1.82, 2.24) is 0 Å². The first-order chi connectivity index (χ1) is 11.6. The van der Waals surface area contributed by atoms with Gasteiger partial charge in [-0.25, -0.2) is 0 Å². The minimum absolute atomic E-state index is 0.391. The number of aryl methyl sites for hydroxylation is 1. The molecule has 3 nitrogen and oxygen atoms in total. The molecule has 0 heterocycles. The highest BCUT2D eigenvalue weighted by Crippen LogP contribution is 2.42. The maximum atomic E-state index is 13.0. The Labute approximate surface area is 143 Å². The second kappa shape index (κ2) is 7.79. The molecule has 0 saturated heterocycles. The van der Waals surface area contributed by atoms with Crippen LogP contribution in [0.3, 0.4) is 0 Å². The molecule has 2 aromatic rings. The third-order valence-electron chi connectivity index (χ3n) is 4.50. The van der Waals surface area contributed by atoms with Crippen LogP contribution in [0.1, 0.15) is 36.5 Å². The largest absolute Gasteiger partial charge is 0.468 e. The van der Waals surface area contributed by atoms with E-state index in [1.807, 2.05) is 68.4 Å². The number of carbonyl (C=O) groups is 1. The molecule has 2 aromatic carbocycles. The summed E-state index contributed by atoms with van der Waals surface area (Å²) in [6.07, 6.45) is 1.43. The van der Waals surface area contributed by atoms with Gasteiger partial charge in [0.05, 0.1) is 19.1 Å². The first-order valence-corrected chi connectivity index (χ1v) is 8.21. The van der Waals surface area contributed by atoms with Crippen LogP contribution >= 0.6 is 0 Å². The van der Waals surface area contributed by atoms with Crippen molar-refractivity contribution >= 4 is 5.97 Å². The van der Waals surface area contributed by atoms with Gasteiger partial charge < -0.3 is 4.74 Å². The Hall–Kier alpha value is -2.60. The standard InChI is InChI=1S/C21H23NO2/c1-4-8-19(15-22)21(20(23)24-3,17-9-6-5-7-10-17)18-13-11-16(2)12-14-18/h5-7,9-14,19H,4,8H2,1-3H3. The smallest absolute Gasteiger partial charge is 0.322 e. The number of benzene rings is 2. The first kappa shape index (κ1) is 17.7. The molecule has 3 heteroatoms. The van der Waals surface area contributed by atoms with E-state index in [2.05, 4.69) is 6.07 Å². The van der Waals surface area contributed by atoms with Gasteiger partial charge in [0.2, 0.25) is 0 Å². The van der Waals surface area contributed by atoms with Crippen molar-refractivity contribution in [1.29, 1.82) is 5.26 Å². The molecule has 0 aliphatic carbocycles. The van der Waals surface area contributed by atoms with E-state index in [0.29, 0.717) is 6.42 Å². The molecule has 2 rings (SSSR count). The van der Waals surface area contributed by atoms with Crippen LogP contribution in [0, 0.1) is 24.2 Å². The summed E-state index contributed by atoms with van der Waals surface area (Å²) in [5.41, 5.74) is 1.58. The molecular weight excluding hydrogens is 298 g/mol. The number of carbonyl (C=O) groups excluding carboxylic acids is 1. The molecule has 124 valence electrons. The number of esters is 1. The highest BCUT2D eigenvalue weighted by molar-refractivity contribution is 5.88. The van der Waals surface area contributed by atoms with Crippen molar-refractivity contribution in [3.05, 3.63) is 71.3 Å². The van der Waals surface area contributed by atoms with Gasteiger partial charge in [-0.3, -0.25) is 4.79 Å². The molecule has 0 bridgehead atoms. The van der Waals surface area contributed by atoms with E-state index in [-0.39, 0.29) is 0 Å². The maximum absolute atomic E-state index is 13.0. The van der Waals surface area contributed by atoms with Crippen LogP contribution in [0.2, 0.25) is 0 Å².